The summed E-state index contributed by atoms with van der Waals surface area (Å²) in [5.41, 5.74) is 1.94. The highest BCUT2D eigenvalue weighted by Crippen LogP contribution is 2.39. The third-order valence-electron chi connectivity index (χ3n) is 5.24. The predicted octanol–water partition coefficient (Wildman–Crippen LogP) is 4.94. The molecule has 1 amide bonds. The van der Waals surface area contributed by atoms with Crippen molar-refractivity contribution in [1.82, 2.24) is 14.4 Å². The van der Waals surface area contributed by atoms with E-state index in [2.05, 4.69) is 15.1 Å². The maximum atomic E-state index is 12.3. The quantitative estimate of drug-likeness (QED) is 0.496. The summed E-state index contributed by atoms with van der Waals surface area (Å²) in [4.78, 5) is 16.3. The summed E-state index contributed by atoms with van der Waals surface area (Å²) < 4.78 is 7.75. The fourth-order valence-electron chi connectivity index (χ4n) is 3.62. The van der Waals surface area contributed by atoms with E-state index in [0.717, 1.165) is 36.1 Å². The zero-order valence-corrected chi connectivity index (χ0v) is 20.9. The van der Waals surface area contributed by atoms with Gasteiger partial charge in [-0.15, -0.1) is 10.2 Å². The van der Waals surface area contributed by atoms with E-state index in [9.17, 15) is 9.90 Å². The number of aromatic nitrogens is 1. The first-order valence-electron chi connectivity index (χ1n) is 10.6. The summed E-state index contributed by atoms with van der Waals surface area (Å²) >= 11 is 6.46. The van der Waals surface area contributed by atoms with Crippen molar-refractivity contribution >= 4 is 51.0 Å². The fraction of sp³-hybridized carbons (Fsp3) is 0.545. The Morgan fingerprint density at radius 2 is 1.91 bits per heavy atom. The van der Waals surface area contributed by atoms with Crippen LogP contribution in [0.1, 0.15) is 26.3 Å². The van der Waals surface area contributed by atoms with Gasteiger partial charge < -0.3 is 19.3 Å². The Morgan fingerprint density at radius 3 is 2.53 bits per heavy atom. The van der Waals surface area contributed by atoms with Gasteiger partial charge in [-0.3, -0.25) is 4.90 Å². The van der Waals surface area contributed by atoms with Gasteiger partial charge in [0.2, 0.25) is 5.88 Å². The molecular formula is C22H31N5O3S2. The number of ether oxygens (including phenoxy) is 1. The fourth-order valence-corrected chi connectivity index (χ4v) is 3.78. The Balaban J connectivity index is 1.69. The third kappa shape index (κ3) is 5.99. The van der Waals surface area contributed by atoms with Gasteiger partial charge in [0.15, 0.2) is 10.0 Å². The summed E-state index contributed by atoms with van der Waals surface area (Å²) in [7, 11) is 0. The number of rotatable bonds is 4. The van der Waals surface area contributed by atoms with E-state index < -0.39 is 5.60 Å². The second-order valence-corrected chi connectivity index (χ2v) is 10.3. The number of hydrogen-bond donors (Lipinski definition) is 1. The number of amides is 1. The van der Waals surface area contributed by atoms with Crippen molar-refractivity contribution in [3.05, 3.63) is 23.8 Å². The number of aromatic hydroxyl groups is 1. The molecule has 1 N–H and O–H groups in total. The molecule has 8 nitrogen and oxygen atoms in total. The largest absolute Gasteiger partial charge is 0.493 e. The number of hydrogen-bond acceptors (Lipinski definition) is 7. The maximum Gasteiger partial charge on any atom is 0.410 e. The molecule has 1 aromatic carbocycles. The van der Waals surface area contributed by atoms with E-state index in [1.165, 1.54) is 11.8 Å². The highest BCUT2D eigenvalue weighted by molar-refractivity contribution is 8.22. The van der Waals surface area contributed by atoms with Gasteiger partial charge >= 0.3 is 6.09 Å². The molecule has 1 aromatic heterocycles. The van der Waals surface area contributed by atoms with E-state index in [-0.39, 0.29) is 12.0 Å². The van der Waals surface area contributed by atoms with Crippen molar-refractivity contribution in [2.45, 2.75) is 39.8 Å². The van der Waals surface area contributed by atoms with Gasteiger partial charge in [0.1, 0.15) is 5.60 Å². The van der Waals surface area contributed by atoms with Crippen molar-refractivity contribution in [2.75, 3.05) is 39.0 Å². The molecule has 0 unspecified atom stereocenters. The number of piperazine rings is 1. The van der Waals surface area contributed by atoms with E-state index in [1.807, 2.05) is 56.7 Å². The van der Waals surface area contributed by atoms with Crippen LogP contribution < -0.4 is 0 Å². The van der Waals surface area contributed by atoms with Gasteiger partial charge in [0.25, 0.3) is 0 Å². The Morgan fingerprint density at radius 1 is 1.22 bits per heavy atom. The molecular weight excluding hydrogens is 446 g/mol. The van der Waals surface area contributed by atoms with Gasteiger partial charge in [0.05, 0.1) is 5.52 Å². The molecule has 1 saturated heterocycles. The van der Waals surface area contributed by atoms with Crippen molar-refractivity contribution < 1.29 is 14.6 Å². The lowest BCUT2D eigenvalue weighted by Crippen LogP contribution is -2.50. The van der Waals surface area contributed by atoms with Crippen LogP contribution in [-0.4, -0.2) is 74.5 Å². The second-order valence-electron chi connectivity index (χ2n) is 8.82. The summed E-state index contributed by atoms with van der Waals surface area (Å²) in [6.07, 6.45) is 1.58. The number of carbonyl (C=O) groups is 1. The van der Waals surface area contributed by atoms with Crippen molar-refractivity contribution in [3.63, 3.8) is 0 Å². The number of thioether (sulfide) groups is 1. The molecule has 0 radical (unpaired) electrons. The summed E-state index contributed by atoms with van der Waals surface area (Å²) in [5.74, 6) is 0.0886. The molecule has 0 atom stereocenters. The molecule has 2 heterocycles. The van der Waals surface area contributed by atoms with Crippen LogP contribution in [0.25, 0.3) is 10.9 Å². The molecule has 10 heteroatoms. The highest BCUT2D eigenvalue weighted by atomic mass is 32.2. The van der Waals surface area contributed by atoms with Crippen LogP contribution in [0.3, 0.4) is 0 Å². The minimum absolute atomic E-state index is 0.0886. The molecule has 1 fully saturated rings. The van der Waals surface area contributed by atoms with Crippen LogP contribution in [0.2, 0.25) is 0 Å². The van der Waals surface area contributed by atoms with E-state index in [1.54, 1.807) is 4.90 Å². The lowest BCUT2D eigenvalue weighted by atomic mass is 10.1. The topological polar surface area (TPSA) is 82.7 Å². The predicted molar refractivity (Wildman–Crippen MR) is 133 cm³/mol. The molecule has 0 bridgehead atoms. The SMILES string of the molecule is CSC(=S)N=Nc1c(O)n(CCN2CCN(C(=O)OC(C)(C)C)CC2)c2ccc(C)cc12. The number of carbonyl (C=O) groups excluding carboxylic acids is 1. The summed E-state index contributed by atoms with van der Waals surface area (Å²) in [5, 5.41) is 20.1. The van der Waals surface area contributed by atoms with Gasteiger partial charge in [-0.1, -0.05) is 23.4 Å². The lowest BCUT2D eigenvalue weighted by Gasteiger charge is -2.35. The molecule has 3 rings (SSSR count). The molecule has 0 spiro atoms. The molecule has 2 aromatic rings. The van der Waals surface area contributed by atoms with Crippen LogP contribution in [0.5, 0.6) is 5.88 Å². The first-order valence-corrected chi connectivity index (χ1v) is 12.2. The number of nitrogens with zero attached hydrogens (tertiary/aromatic N) is 5. The smallest absolute Gasteiger partial charge is 0.410 e. The van der Waals surface area contributed by atoms with Crippen LogP contribution in [-0.2, 0) is 11.3 Å². The highest BCUT2D eigenvalue weighted by Gasteiger charge is 2.26. The van der Waals surface area contributed by atoms with Gasteiger partial charge in [-0.25, -0.2) is 4.79 Å². The van der Waals surface area contributed by atoms with Crippen LogP contribution in [0.15, 0.2) is 28.4 Å². The monoisotopic (exact) mass is 477 g/mol. The van der Waals surface area contributed by atoms with E-state index >= 15 is 0 Å². The Hall–Kier alpha value is -2.17. The van der Waals surface area contributed by atoms with Gasteiger partial charge in [0, 0.05) is 44.7 Å². The van der Waals surface area contributed by atoms with Crippen molar-refractivity contribution in [1.29, 1.82) is 0 Å². The third-order valence-corrected chi connectivity index (χ3v) is 6.25. The summed E-state index contributed by atoms with van der Waals surface area (Å²) in [6, 6.07) is 6.02. The van der Waals surface area contributed by atoms with Crippen LogP contribution >= 0.6 is 24.0 Å². The number of azo groups is 1. The first kappa shape index (κ1) is 24.5. The van der Waals surface area contributed by atoms with E-state index in [0.29, 0.717) is 29.6 Å². The number of fused-ring (bicyclic) bond motifs is 1. The average Bonchev–Trinajstić information content (AvgIpc) is 2.99. The molecule has 0 saturated carbocycles. The van der Waals surface area contributed by atoms with Crippen molar-refractivity contribution in [2.24, 2.45) is 10.2 Å². The van der Waals surface area contributed by atoms with Crippen molar-refractivity contribution in [3.8, 4) is 5.88 Å². The first-order chi connectivity index (χ1) is 15.1. The zero-order chi connectivity index (χ0) is 23.5. The standard InChI is InChI=1S/C22H31N5O3S2/c1-15-6-7-17-16(14-15)18(23-24-20(31)32-5)19(28)27(17)13-10-25-8-11-26(12-9-25)21(29)30-22(2,3)4/h6-7,14,28H,8-13H2,1-5H3. The van der Waals surface area contributed by atoms with Crippen LogP contribution in [0, 0.1) is 6.92 Å². The molecule has 32 heavy (non-hydrogen) atoms. The molecule has 0 aliphatic carbocycles. The Bertz CT molecular complexity index is 1020. The average molecular weight is 478 g/mol. The molecule has 1 aliphatic rings. The van der Waals surface area contributed by atoms with E-state index in [4.69, 9.17) is 17.0 Å². The Labute approximate surface area is 198 Å². The zero-order valence-electron chi connectivity index (χ0n) is 19.3. The number of aryl methyl sites for hydroxylation is 1. The number of benzene rings is 1. The normalized spacial score (nSPS) is 15.6. The number of thiocarbonyl (C=S) groups is 1. The second kappa shape index (κ2) is 10.2. The molecule has 174 valence electrons. The lowest BCUT2D eigenvalue weighted by molar-refractivity contribution is 0.0143. The van der Waals surface area contributed by atoms with Gasteiger partial charge in [-0.2, -0.15) is 0 Å². The summed E-state index contributed by atoms with van der Waals surface area (Å²) in [6.45, 7) is 11.7. The van der Waals surface area contributed by atoms with Crippen LogP contribution in [0.4, 0.5) is 10.5 Å². The Kier molecular flexibility index (Phi) is 7.79. The minimum Gasteiger partial charge on any atom is -0.493 e. The molecule has 1 aliphatic heterocycles. The minimum atomic E-state index is -0.492. The maximum absolute atomic E-state index is 12.3. The van der Waals surface area contributed by atoms with Gasteiger partial charge in [-0.05, 0) is 58.3 Å².